The van der Waals surface area contributed by atoms with Gasteiger partial charge in [0.05, 0.1) is 0 Å². The van der Waals surface area contributed by atoms with Crippen LogP contribution in [0.15, 0.2) is 33.6 Å². The molecule has 23 heavy (non-hydrogen) atoms. The Bertz CT molecular complexity index is 532. The first-order chi connectivity index (χ1) is 11.0. The average Bonchev–Trinajstić information content (AvgIpc) is 2.44. The van der Waals surface area contributed by atoms with Gasteiger partial charge in [-0.1, -0.05) is 0 Å². The van der Waals surface area contributed by atoms with Crippen molar-refractivity contribution in [2.75, 3.05) is 19.6 Å². The molecule has 124 valence electrons. The van der Waals surface area contributed by atoms with Crippen molar-refractivity contribution in [3.8, 4) is 0 Å². The second-order valence-corrected chi connectivity index (χ2v) is 13.6. The van der Waals surface area contributed by atoms with Crippen molar-refractivity contribution in [3.63, 3.8) is 0 Å². The molecule has 4 rings (SSSR count). The zero-order chi connectivity index (χ0) is 16.4. The molecule has 3 heterocycles. The van der Waals surface area contributed by atoms with E-state index in [-0.39, 0.29) is 18.3 Å². The van der Waals surface area contributed by atoms with Gasteiger partial charge in [-0.3, -0.25) is 0 Å². The van der Waals surface area contributed by atoms with Gasteiger partial charge in [0.25, 0.3) is 0 Å². The molecule has 0 amide bonds. The minimum absolute atomic E-state index is 0.0834. The van der Waals surface area contributed by atoms with Crippen LogP contribution >= 0.6 is 15.9 Å². The summed E-state index contributed by atoms with van der Waals surface area (Å²) in [6.07, 6.45) is 3.64. The molecule has 0 spiro atoms. The Hall–Kier alpha value is -0.267. The van der Waals surface area contributed by atoms with Crippen molar-refractivity contribution in [2.24, 2.45) is 0 Å². The predicted octanol–water partition coefficient (Wildman–Crippen LogP) is 3.14. The standard InChI is InChI=1S/C17H23BrGeNO3/c1-13-10-20-11-14(2)22-19(21-13,23-15(3)12-20)17(18)9-16-7-5-4-6-8-16/h4-8,13-15H,10-12H2,1-3H3/q+1. The van der Waals surface area contributed by atoms with Crippen LogP contribution < -0.4 is 0 Å². The van der Waals surface area contributed by atoms with E-state index in [0.29, 0.717) is 0 Å². The van der Waals surface area contributed by atoms with E-state index in [9.17, 15) is 0 Å². The summed E-state index contributed by atoms with van der Waals surface area (Å²) in [4.78, 5) is 2.36. The third kappa shape index (κ3) is 4.23. The molecule has 1 aromatic carbocycles. The van der Waals surface area contributed by atoms with Gasteiger partial charge in [0.2, 0.25) is 0 Å². The first-order valence-electron chi connectivity index (χ1n) is 8.07. The van der Waals surface area contributed by atoms with Gasteiger partial charge in [0.15, 0.2) is 0 Å². The minimum atomic E-state index is -3.63. The second kappa shape index (κ2) is 7.32. The molecule has 0 aliphatic carbocycles. The molecular formula is C17H23BrGeNO3+. The number of hydrogen-bond donors (Lipinski definition) is 0. The van der Waals surface area contributed by atoms with Crippen molar-refractivity contribution in [1.29, 1.82) is 0 Å². The van der Waals surface area contributed by atoms with Crippen molar-refractivity contribution in [1.82, 2.24) is 4.90 Å². The van der Waals surface area contributed by atoms with Gasteiger partial charge in [0, 0.05) is 0 Å². The SMILES string of the molecule is CC1CN2CC(C)[O][Ge]([C](Br)=[C+]c3ccccc3)([O]1)[O]C(C)C2. The summed E-state index contributed by atoms with van der Waals surface area (Å²) in [5.74, 6) is 0. The second-order valence-electron chi connectivity index (χ2n) is 6.37. The van der Waals surface area contributed by atoms with Crippen LogP contribution in [-0.2, 0) is 11.3 Å². The molecule has 3 atom stereocenters. The molecular weight excluding hydrogens is 419 g/mol. The van der Waals surface area contributed by atoms with E-state index in [1.807, 2.05) is 30.3 Å². The Morgan fingerprint density at radius 2 is 1.48 bits per heavy atom. The van der Waals surface area contributed by atoms with Gasteiger partial charge in [0.1, 0.15) is 0 Å². The number of halogens is 1. The van der Waals surface area contributed by atoms with E-state index in [1.54, 1.807) is 0 Å². The van der Waals surface area contributed by atoms with Crippen LogP contribution in [0.2, 0.25) is 0 Å². The Balaban J connectivity index is 1.97. The zero-order valence-electron chi connectivity index (χ0n) is 13.8. The van der Waals surface area contributed by atoms with Gasteiger partial charge in [-0.25, -0.2) is 0 Å². The van der Waals surface area contributed by atoms with Crippen LogP contribution in [0, 0.1) is 6.08 Å². The van der Waals surface area contributed by atoms with Crippen molar-refractivity contribution in [3.05, 3.63) is 45.3 Å². The van der Waals surface area contributed by atoms with Crippen LogP contribution in [-0.4, -0.2) is 57.1 Å². The fourth-order valence-corrected chi connectivity index (χ4v) is 10.3. The molecule has 3 unspecified atom stereocenters. The first-order valence-corrected chi connectivity index (χ1v) is 12.5. The number of hydrogen-bond acceptors (Lipinski definition) is 4. The van der Waals surface area contributed by atoms with E-state index in [4.69, 9.17) is 11.3 Å². The third-order valence-corrected chi connectivity index (χ3v) is 12.5. The molecule has 6 heteroatoms. The number of fused-ring (bicyclic) bond motifs is 6. The fourth-order valence-electron chi connectivity index (χ4n) is 3.18. The van der Waals surface area contributed by atoms with Crippen molar-refractivity contribution < 1.29 is 11.3 Å². The fraction of sp³-hybridized carbons (Fsp3) is 0.529. The van der Waals surface area contributed by atoms with Gasteiger partial charge < -0.3 is 0 Å². The van der Waals surface area contributed by atoms with Gasteiger partial charge in [-0.2, -0.15) is 0 Å². The predicted molar refractivity (Wildman–Crippen MR) is 95.1 cm³/mol. The van der Waals surface area contributed by atoms with Crippen LogP contribution in [0.3, 0.4) is 0 Å². The molecule has 0 aromatic heterocycles. The summed E-state index contributed by atoms with van der Waals surface area (Å²) in [5, 5.41) is 0. The van der Waals surface area contributed by atoms with E-state index >= 15 is 0 Å². The number of benzene rings is 1. The molecule has 1 aromatic rings. The molecule has 4 nitrogen and oxygen atoms in total. The molecule has 0 saturated carbocycles. The topological polar surface area (TPSA) is 30.9 Å². The molecule has 2 bridgehead atoms. The van der Waals surface area contributed by atoms with Crippen molar-refractivity contribution >= 4 is 30.2 Å². The Morgan fingerprint density at radius 1 is 1.00 bits per heavy atom. The van der Waals surface area contributed by atoms with E-state index in [2.05, 4.69) is 47.7 Å². The summed E-state index contributed by atoms with van der Waals surface area (Å²) in [7, 11) is 0. The summed E-state index contributed by atoms with van der Waals surface area (Å²) in [6, 6.07) is 10.0. The summed E-state index contributed by atoms with van der Waals surface area (Å²) < 4.78 is 20.0. The first kappa shape index (κ1) is 17.6. The molecule has 3 aliphatic rings. The van der Waals surface area contributed by atoms with Gasteiger partial charge in [-0.15, -0.1) is 0 Å². The Labute approximate surface area is 150 Å². The molecule has 3 fully saturated rings. The molecule has 3 saturated heterocycles. The van der Waals surface area contributed by atoms with E-state index < -0.39 is 14.3 Å². The Morgan fingerprint density at radius 3 is 1.96 bits per heavy atom. The van der Waals surface area contributed by atoms with Crippen molar-refractivity contribution in [2.45, 2.75) is 39.1 Å². The number of nitrogens with zero attached hydrogens (tertiary/aromatic N) is 1. The molecule has 0 radical (unpaired) electrons. The van der Waals surface area contributed by atoms with E-state index in [1.165, 1.54) is 0 Å². The quantitative estimate of drug-likeness (QED) is 0.521. The maximum atomic E-state index is 6.38. The third-order valence-electron chi connectivity index (χ3n) is 3.91. The maximum absolute atomic E-state index is 6.38. The van der Waals surface area contributed by atoms with Crippen LogP contribution in [0.5, 0.6) is 0 Å². The van der Waals surface area contributed by atoms with Crippen LogP contribution in [0.4, 0.5) is 0 Å². The zero-order valence-corrected chi connectivity index (χ0v) is 17.5. The summed E-state index contributed by atoms with van der Waals surface area (Å²) in [6.45, 7) is 9.03. The average molecular weight is 442 g/mol. The summed E-state index contributed by atoms with van der Waals surface area (Å²) >= 11 is 0.0674. The summed E-state index contributed by atoms with van der Waals surface area (Å²) in [5.41, 5.74) is 0.994. The normalized spacial score (nSPS) is 38.3. The van der Waals surface area contributed by atoms with Gasteiger partial charge >= 0.3 is 150 Å². The van der Waals surface area contributed by atoms with E-state index in [0.717, 1.165) is 28.5 Å². The molecule has 0 N–H and O–H groups in total. The van der Waals surface area contributed by atoms with Crippen LogP contribution in [0.1, 0.15) is 26.3 Å². The van der Waals surface area contributed by atoms with Gasteiger partial charge in [-0.05, 0) is 0 Å². The molecule has 3 aliphatic heterocycles. The van der Waals surface area contributed by atoms with Crippen LogP contribution in [0.25, 0.3) is 0 Å². The Kier molecular flexibility index (Phi) is 5.58. The monoisotopic (exact) mass is 442 g/mol. The number of rotatable bonds is 2.